The fourth-order valence-electron chi connectivity index (χ4n) is 5.67. The lowest BCUT2D eigenvalue weighted by molar-refractivity contribution is -0.385. The zero-order valence-corrected chi connectivity index (χ0v) is 25.4. The maximum Gasteiger partial charge on any atom is 0.187 e. The third kappa shape index (κ3) is 7.39. The van der Waals surface area contributed by atoms with Gasteiger partial charge in [0.05, 0.1) is 30.5 Å². The number of ether oxygens (including phenoxy) is 8. The van der Waals surface area contributed by atoms with Crippen molar-refractivity contribution in [3.05, 3.63) is 0 Å². The zero-order valence-electron chi connectivity index (χ0n) is 25.4. The van der Waals surface area contributed by atoms with E-state index in [2.05, 4.69) is 0 Å². The summed E-state index contributed by atoms with van der Waals surface area (Å²) in [6, 6.07) is 0. The summed E-state index contributed by atoms with van der Waals surface area (Å²) in [5, 5.41) is 95.9. The molecule has 0 radical (unpaired) electrons. The van der Waals surface area contributed by atoms with Crippen LogP contribution in [0.4, 0.5) is 0 Å². The van der Waals surface area contributed by atoms with Gasteiger partial charge in [0.1, 0.15) is 73.2 Å². The smallest absolute Gasteiger partial charge is 0.187 e. The van der Waals surface area contributed by atoms with E-state index in [1.165, 1.54) is 20.8 Å². The molecule has 4 rings (SSSR count). The van der Waals surface area contributed by atoms with Crippen LogP contribution in [0.3, 0.4) is 0 Å². The fourth-order valence-corrected chi connectivity index (χ4v) is 5.67. The Morgan fingerprint density at radius 3 is 1.05 bits per heavy atom. The van der Waals surface area contributed by atoms with Crippen LogP contribution in [-0.2, 0) is 37.9 Å². The van der Waals surface area contributed by atoms with Crippen molar-refractivity contribution < 1.29 is 83.9 Å². The Hall–Kier alpha value is -0.680. The van der Waals surface area contributed by atoms with Gasteiger partial charge in [-0.05, 0) is 41.5 Å². The molecule has 17 heteroatoms. The normalized spacial score (nSPS) is 54.0. The van der Waals surface area contributed by atoms with Gasteiger partial charge < -0.3 is 83.9 Å². The molecule has 0 aromatic rings. The second-order valence-corrected chi connectivity index (χ2v) is 12.2. The molecule has 0 bridgehead atoms. The highest BCUT2D eigenvalue weighted by molar-refractivity contribution is 4.96. The molecular weight excluding hydrogens is 596 g/mol. The van der Waals surface area contributed by atoms with E-state index in [0.29, 0.717) is 0 Å². The van der Waals surface area contributed by atoms with Gasteiger partial charge in [-0.2, -0.15) is 0 Å². The van der Waals surface area contributed by atoms with Gasteiger partial charge in [0.25, 0.3) is 0 Å². The molecule has 0 aliphatic carbocycles. The number of aliphatic hydroxyl groups excluding tert-OH is 9. The van der Waals surface area contributed by atoms with Crippen LogP contribution in [0.25, 0.3) is 0 Å². The van der Waals surface area contributed by atoms with E-state index < -0.39 is 123 Å². The number of aliphatic hydroxyl groups is 9. The van der Waals surface area contributed by atoms with Crippen LogP contribution < -0.4 is 0 Å². The van der Waals surface area contributed by atoms with E-state index in [9.17, 15) is 46.0 Å². The highest BCUT2D eigenvalue weighted by Gasteiger charge is 2.54. The van der Waals surface area contributed by atoms with Crippen molar-refractivity contribution in [3.63, 3.8) is 0 Å². The predicted molar refractivity (Wildman–Crippen MR) is 142 cm³/mol. The molecule has 4 aliphatic heterocycles. The van der Waals surface area contributed by atoms with Gasteiger partial charge >= 0.3 is 0 Å². The topological polar surface area (TPSA) is 256 Å². The van der Waals surface area contributed by atoms with Crippen molar-refractivity contribution in [2.24, 2.45) is 0 Å². The summed E-state index contributed by atoms with van der Waals surface area (Å²) >= 11 is 0. The maximum absolute atomic E-state index is 11.2. The van der Waals surface area contributed by atoms with Gasteiger partial charge in [0, 0.05) is 0 Å². The van der Waals surface area contributed by atoms with Gasteiger partial charge in [-0.1, -0.05) is 0 Å². The Morgan fingerprint density at radius 2 is 0.682 bits per heavy atom. The number of rotatable bonds is 8. The second kappa shape index (κ2) is 14.6. The first kappa shape index (κ1) is 36.2. The molecule has 4 fully saturated rings. The summed E-state index contributed by atoms with van der Waals surface area (Å²) in [6.07, 6.45) is -28.5. The third-order valence-corrected chi connectivity index (χ3v) is 8.43. The Labute approximate surface area is 254 Å². The molecule has 258 valence electrons. The molecule has 0 spiro atoms. The summed E-state index contributed by atoms with van der Waals surface area (Å²) in [5.41, 5.74) is 0. The Bertz CT molecular complexity index is 914. The van der Waals surface area contributed by atoms with Crippen LogP contribution in [-0.4, -0.2) is 175 Å². The SMILES string of the molecule is CC(C)O[C@@H]1O[C@@H](C)[C@@H](O)[C@@H](O[C@@H]2O[C@@H](C)[C@@H](O)[C@@H](O[C@@H]3O[C@@H](C)[C@@H](O)[C@@H](O[C@@H]4O[C@@H](C)[C@@H](O)[C@@H](O)[C@@H]4O)[C@@H]3O)[C@@H]2O)[C@@H]1O. The summed E-state index contributed by atoms with van der Waals surface area (Å²) in [6.45, 7) is 9.36. The van der Waals surface area contributed by atoms with E-state index in [-0.39, 0.29) is 6.10 Å². The largest absolute Gasteiger partial charge is 0.388 e. The summed E-state index contributed by atoms with van der Waals surface area (Å²) in [4.78, 5) is 0. The molecule has 0 unspecified atom stereocenters. The molecule has 0 saturated carbocycles. The van der Waals surface area contributed by atoms with Gasteiger partial charge in [-0.15, -0.1) is 0 Å². The summed E-state index contributed by atoms with van der Waals surface area (Å²) < 4.78 is 45.2. The minimum Gasteiger partial charge on any atom is -0.388 e. The monoisotopic (exact) mass is 644 g/mol. The van der Waals surface area contributed by atoms with Gasteiger partial charge in [-0.25, -0.2) is 0 Å². The van der Waals surface area contributed by atoms with Crippen LogP contribution >= 0.6 is 0 Å². The van der Waals surface area contributed by atoms with Gasteiger partial charge in [-0.3, -0.25) is 0 Å². The highest BCUT2D eigenvalue weighted by Crippen LogP contribution is 2.34. The Kier molecular flexibility index (Phi) is 12.0. The third-order valence-electron chi connectivity index (χ3n) is 8.43. The molecule has 20 atom stereocenters. The number of hydrogen-bond donors (Lipinski definition) is 9. The van der Waals surface area contributed by atoms with Crippen LogP contribution in [0, 0.1) is 0 Å². The Morgan fingerprint density at radius 1 is 0.386 bits per heavy atom. The maximum atomic E-state index is 11.2. The van der Waals surface area contributed by atoms with Crippen LogP contribution in [0.2, 0.25) is 0 Å². The molecule has 9 N–H and O–H groups in total. The van der Waals surface area contributed by atoms with E-state index in [1.807, 2.05) is 0 Å². The summed E-state index contributed by atoms with van der Waals surface area (Å²) in [5.74, 6) is 0. The molecule has 17 nitrogen and oxygen atoms in total. The van der Waals surface area contributed by atoms with Crippen molar-refractivity contribution in [1.82, 2.24) is 0 Å². The average molecular weight is 645 g/mol. The van der Waals surface area contributed by atoms with E-state index >= 15 is 0 Å². The number of hydrogen-bond acceptors (Lipinski definition) is 17. The van der Waals surface area contributed by atoms with Crippen molar-refractivity contribution in [3.8, 4) is 0 Å². The van der Waals surface area contributed by atoms with E-state index in [1.54, 1.807) is 20.8 Å². The van der Waals surface area contributed by atoms with Crippen molar-refractivity contribution >= 4 is 0 Å². The van der Waals surface area contributed by atoms with Crippen LogP contribution in [0.1, 0.15) is 41.5 Å². The molecule has 4 aliphatic rings. The molecular formula is C27H48O17. The standard InChI is InChI=1S/C27H48O17/c1-7(2)37-25-18(34)21(13(29)9(4)39-25)43-27-20(36)23(15(31)11(6)41-27)44-26-19(35)22(14(30)10(5)40-26)42-24-17(33)16(32)12(28)8(3)38-24/h7-36H,1-6H3/t8-,9-,10-,11-,12+,13+,14+,15+,16+,17-,18-,19-,20-,21+,22+,23+,24-,25+,26-,27-/m0/s1. The lowest BCUT2D eigenvalue weighted by atomic mass is 9.96. The van der Waals surface area contributed by atoms with E-state index in [4.69, 9.17) is 37.9 Å². The van der Waals surface area contributed by atoms with E-state index in [0.717, 1.165) is 0 Å². The predicted octanol–water partition coefficient (Wildman–Crippen LogP) is -4.21. The van der Waals surface area contributed by atoms with Crippen molar-refractivity contribution in [2.75, 3.05) is 0 Å². The lowest BCUT2D eigenvalue weighted by Gasteiger charge is -2.48. The highest BCUT2D eigenvalue weighted by atomic mass is 16.8. The summed E-state index contributed by atoms with van der Waals surface area (Å²) in [7, 11) is 0. The first-order valence-electron chi connectivity index (χ1n) is 14.9. The lowest BCUT2D eigenvalue weighted by Crippen LogP contribution is -2.66. The van der Waals surface area contributed by atoms with Gasteiger partial charge in [0.15, 0.2) is 25.2 Å². The van der Waals surface area contributed by atoms with Crippen LogP contribution in [0.15, 0.2) is 0 Å². The zero-order chi connectivity index (χ0) is 32.8. The fraction of sp³-hybridized carbons (Fsp3) is 1.00. The molecule has 0 amide bonds. The minimum atomic E-state index is -1.78. The molecule has 0 aromatic carbocycles. The first-order chi connectivity index (χ1) is 20.5. The van der Waals surface area contributed by atoms with Crippen molar-refractivity contribution in [2.45, 2.75) is 170 Å². The minimum absolute atomic E-state index is 0.328. The quantitative estimate of drug-likeness (QED) is 0.121. The molecule has 0 aromatic heterocycles. The molecule has 4 saturated heterocycles. The van der Waals surface area contributed by atoms with Gasteiger partial charge in [0.2, 0.25) is 0 Å². The average Bonchev–Trinajstić information content (AvgIpc) is 2.96. The first-order valence-corrected chi connectivity index (χ1v) is 14.9. The molecule has 44 heavy (non-hydrogen) atoms. The van der Waals surface area contributed by atoms with Crippen molar-refractivity contribution in [1.29, 1.82) is 0 Å². The molecule has 4 heterocycles. The van der Waals surface area contributed by atoms with Crippen LogP contribution in [0.5, 0.6) is 0 Å². The Balaban J connectivity index is 1.48. The second-order valence-electron chi connectivity index (χ2n) is 12.2.